The van der Waals surface area contributed by atoms with Crippen LogP contribution in [0, 0.1) is 11.6 Å². The first-order valence-corrected chi connectivity index (χ1v) is 7.53. The van der Waals surface area contributed by atoms with Gasteiger partial charge < -0.3 is 4.90 Å². The maximum atomic E-state index is 13.4. The molecule has 110 valence electrons. The standard InChI is InChI=1S/C16H10BrF2N3/c17-11-2-1-9-7-22(8-10(9)3-11)16-6-20-14-4-12(18)13(19)5-15(14)21-16/h1-6H,7-8H2. The predicted molar refractivity (Wildman–Crippen MR) is 83.5 cm³/mol. The molecule has 6 heteroatoms. The third-order valence-corrected chi connectivity index (χ3v) is 4.28. The number of fused-ring (bicyclic) bond motifs is 2. The lowest BCUT2D eigenvalue weighted by Crippen LogP contribution is -2.16. The van der Waals surface area contributed by atoms with Gasteiger partial charge in [0.1, 0.15) is 5.82 Å². The largest absolute Gasteiger partial charge is 0.347 e. The molecule has 1 aliphatic heterocycles. The molecule has 2 aromatic carbocycles. The number of aromatic nitrogens is 2. The van der Waals surface area contributed by atoms with Gasteiger partial charge in [0.15, 0.2) is 11.6 Å². The number of halogens is 3. The Bertz CT molecular complexity index is 898. The zero-order chi connectivity index (χ0) is 15.3. The van der Waals surface area contributed by atoms with Crippen LogP contribution in [0.1, 0.15) is 11.1 Å². The molecule has 4 rings (SSSR count). The molecule has 3 nitrogen and oxygen atoms in total. The Kier molecular flexibility index (Phi) is 3.07. The summed E-state index contributed by atoms with van der Waals surface area (Å²) < 4.78 is 27.6. The SMILES string of the molecule is Fc1cc2ncc(N3Cc4ccc(Br)cc4C3)nc2cc1F. The fourth-order valence-corrected chi connectivity index (χ4v) is 3.08. The summed E-state index contributed by atoms with van der Waals surface area (Å²) in [5.74, 6) is -1.16. The first-order chi connectivity index (χ1) is 10.6. The zero-order valence-electron chi connectivity index (χ0n) is 11.4. The lowest BCUT2D eigenvalue weighted by molar-refractivity contribution is 0.510. The Morgan fingerprint density at radius 2 is 1.68 bits per heavy atom. The fourth-order valence-electron chi connectivity index (χ4n) is 2.68. The van der Waals surface area contributed by atoms with E-state index in [4.69, 9.17) is 0 Å². The van der Waals surface area contributed by atoms with E-state index in [1.54, 1.807) is 6.20 Å². The third kappa shape index (κ3) is 2.23. The normalized spacial score (nSPS) is 13.7. The van der Waals surface area contributed by atoms with Gasteiger partial charge in [-0.05, 0) is 23.3 Å². The summed E-state index contributed by atoms with van der Waals surface area (Å²) in [5.41, 5.74) is 3.16. The van der Waals surface area contributed by atoms with E-state index >= 15 is 0 Å². The van der Waals surface area contributed by atoms with Crippen LogP contribution in [-0.4, -0.2) is 9.97 Å². The van der Waals surface area contributed by atoms with E-state index in [1.807, 2.05) is 6.07 Å². The van der Waals surface area contributed by atoms with Gasteiger partial charge in [-0.25, -0.2) is 13.8 Å². The second kappa shape index (κ2) is 4.98. The second-order valence-electron chi connectivity index (χ2n) is 5.25. The molecule has 1 aromatic heterocycles. The first kappa shape index (κ1) is 13.6. The predicted octanol–water partition coefficient (Wildman–Crippen LogP) is 4.19. The van der Waals surface area contributed by atoms with Crippen LogP contribution in [0.5, 0.6) is 0 Å². The molecule has 0 atom stereocenters. The minimum Gasteiger partial charge on any atom is -0.347 e. The van der Waals surface area contributed by atoms with Crippen LogP contribution in [0.4, 0.5) is 14.6 Å². The van der Waals surface area contributed by atoms with Crippen LogP contribution in [0.25, 0.3) is 11.0 Å². The summed E-state index contributed by atoms with van der Waals surface area (Å²) in [6.45, 7) is 1.45. The molecular weight excluding hydrogens is 352 g/mol. The Morgan fingerprint density at radius 1 is 0.955 bits per heavy atom. The monoisotopic (exact) mass is 361 g/mol. The number of nitrogens with zero attached hydrogens (tertiary/aromatic N) is 3. The van der Waals surface area contributed by atoms with Gasteiger partial charge in [0, 0.05) is 29.7 Å². The minimum absolute atomic E-state index is 0.349. The molecule has 0 N–H and O–H groups in total. The van der Waals surface area contributed by atoms with E-state index in [2.05, 4.69) is 42.9 Å². The summed E-state index contributed by atoms with van der Waals surface area (Å²) in [5, 5.41) is 0. The molecule has 0 bridgehead atoms. The average Bonchev–Trinajstić information content (AvgIpc) is 2.91. The van der Waals surface area contributed by atoms with Crippen molar-refractivity contribution in [3.63, 3.8) is 0 Å². The van der Waals surface area contributed by atoms with Gasteiger partial charge in [0.05, 0.1) is 17.2 Å². The van der Waals surface area contributed by atoms with Crippen molar-refractivity contribution in [2.45, 2.75) is 13.1 Å². The lowest BCUT2D eigenvalue weighted by atomic mass is 10.1. The molecule has 3 aromatic rings. The molecule has 2 heterocycles. The number of benzene rings is 2. The van der Waals surface area contributed by atoms with Gasteiger partial charge in [0.2, 0.25) is 0 Å². The number of rotatable bonds is 1. The van der Waals surface area contributed by atoms with E-state index in [1.165, 1.54) is 11.1 Å². The third-order valence-electron chi connectivity index (χ3n) is 3.79. The van der Waals surface area contributed by atoms with Gasteiger partial charge in [-0.1, -0.05) is 22.0 Å². The molecule has 0 saturated heterocycles. The van der Waals surface area contributed by atoms with Crippen molar-refractivity contribution in [3.05, 3.63) is 63.8 Å². The van der Waals surface area contributed by atoms with Crippen molar-refractivity contribution >= 4 is 32.8 Å². The van der Waals surface area contributed by atoms with E-state index in [0.29, 0.717) is 16.9 Å². The Balaban J connectivity index is 1.72. The highest BCUT2D eigenvalue weighted by Gasteiger charge is 2.21. The fraction of sp³-hybridized carbons (Fsp3) is 0.125. The van der Waals surface area contributed by atoms with E-state index in [9.17, 15) is 8.78 Å². The van der Waals surface area contributed by atoms with Crippen molar-refractivity contribution < 1.29 is 8.78 Å². The topological polar surface area (TPSA) is 29.0 Å². The summed E-state index contributed by atoms with van der Waals surface area (Å²) in [6, 6.07) is 8.31. The van der Waals surface area contributed by atoms with Gasteiger partial charge in [-0.2, -0.15) is 0 Å². The van der Waals surface area contributed by atoms with E-state index in [0.717, 1.165) is 29.7 Å². The van der Waals surface area contributed by atoms with Gasteiger partial charge >= 0.3 is 0 Å². The molecule has 0 saturated carbocycles. The maximum Gasteiger partial charge on any atom is 0.161 e. The molecule has 0 amide bonds. The second-order valence-corrected chi connectivity index (χ2v) is 6.17. The number of hydrogen-bond acceptors (Lipinski definition) is 3. The molecule has 22 heavy (non-hydrogen) atoms. The van der Waals surface area contributed by atoms with Gasteiger partial charge in [0.25, 0.3) is 0 Å². The lowest BCUT2D eigenvalue weighted by Gasteiger charge is -2.16. The Hall–Kier alpha value is -2.08. The Morgan fingerprint density at radius 3 is 2.50 bits per heavy atom. The molecule has 0 aliphatic carbocycles. The van der Waals surface area contributed by atoms with Gasteiger partial charge in [-0.3, -0.25) is 4.98 Å². The first-order valence-electron chi connectivity index (χ1n) is 6.74. The summed E-state index contributed by atoms with van der Waals surface area (Å²) >= 11 is 3.46. The summed E-state index contributed by atoms with van der Waals surface area (Å²) in [4.78, 5) is 10.7. The summed E-state index contributed by atoms with van der Waals surface area (Å²) in [7, 11) is 0. The van der Waals surface area contributed by atoms with Crippen molar-refractivity contribution in [1.29, 1.82) is 0 Å². The van der Waals surface area contributed by atoms with Crippen LogP contribution >= 0.6 is 15.9 Å². The quantitative estimate of drug-likeness (QED) is 0.650. The van der Waals surface area contributed by atoms with Crippen molar-refractivity contribution in [3.8, 4) is 0 Å². The van der Waals surface area contributed by atoms with E-state index in [-0.39, 0.29) is 0 Å². The highest BCUT2D eigenvalue weighted by molar-refractivity contribution is 9.10. The number of anilines is 1. The van der Waals surface area contributed by atoms with Gasteiger partial charge in [-0.15, -0.1) is 0 Å². The highest BCUT2D eigenvalue weighted by Crippen LogP contribution is 2.29. The van der Waals surface area contributed by atoms with Crippen LogP contribution in [0.2, 0.25) is 0 Å². The molecule has 0 radical (unpaired) electrons. The Labute approximate surface area is 133 Å². The molecule has 0 fully saturated rings. The highest BCUT2D eigenvalue weighted by atomic mass is 79.9. The molecule has 0 spiro atoms. The molecular formula is C16H10BrF2N3. The number of hydrogen-bond donors (Lipinski definition) is 0. The van der Waals surface area contributed by atoms with Crippen LogP contribution in [-0.2, 0) is 13.1 Å². The zero-order valence-corrected chi connectivity index (χ0v) is 12.9. The maximum absolute atomic E-state index is 13.4. The molecule has 1 aliphatic rings. The van der Waals surface area contributed by atoms with Crippen molar-refractivity contribution in [2.24, 2.45) is 0 Å². The molecule has 0 unspecified atom stereocenters. The van der Waals surface area contributed by atoms with E-state index < -0.39 is 11.6 Å². The van der Waals surface area contributed by atoms with Crippen LogP contribution < -0.4 is 4.90 Å². The van der Waals surface area contributed by atoms with Crippen LogP contribution in [0.15, 0.2) is 41.0 Å². The van der Waals surface area contributed by atoms with Crippen LogP contribution in [0.3, 0.4) is 0 Å². The van der Waals surface area contributed by atoms with Crippen molar-refractivity contribution in [2.75, 3.05) is 4.90 Å². The minimum atomic E-state index is -0.910. The summed E-state index contributed by atoms with van der Waals surface area (Å²) in [6.07, 6.45) is 1.60. The van der Waals surface area contributed by atoms with Crippen molar-refractivity contribution in [1.82, 2.24) is 9.97 Å². The average molecular weight is 362 g/mol. The smallest absolute Gasteiger partial charge is 0.161 e.